The number of nitrogens with two attached hydrogens (primary N) is 1. The van der Waals surface area contributed by atoms with E-state index in [-0.39, 0.29) is 6.09 Å². The predicted molar refractivity (Wildman–Crippen MR) is 64.2 cm³/mol. The molecular formula is C12H24N2O2. The average Bonchev–Trinajstić information content (AvgIpc) is 2.27. The standard InChI is InChI=1S/C12H24N2O2/c1-3-16-12(15)14-8-6-11(7-9-14)5-4-10(2)13/h10-11H,3-9,13H2,1-2H3/t10-/m1/s1. The fourth-order valence-corrected chi connectivity index (χ4v) is 2.12. The molecule has 0 aromatic carbocycles. The van der Waals surface area contributed by atoms with Crippen molar-refractivity contribution in [2.75, 3.05) is 19.7 Å². The van der Waals surface area contributed by atoms with Crippen LogP contribution >= 0.6 is 0 Å². The van der Waals surface area contributed by atoms with E-state index < -0.39 is 0 Å². The largest absolute Gasteiger partial charge is 0.450 e. The van der Waals surface area contributed by atoms with Gasteiger partial charge in [-0.15, -0.1) is 0 Å². The molecule has 0 aliphatic carbocycles. The van der Waals surface area contributed by atoms with Gasteiger partial charge in [0.05, 0.1) is 6.61 Å². The van der Waals surface area contributed by atoms with E-state index in [2.05, 4.69) is 0 Å². The molecule has 1 aliphatic heterocycles. The number of hydrogen-bond acceptors (Lipinski definition) is 3. The highest BCUT2D eigenvalue weighted by molar-refractivity contribution is 5.67. The van der Waals surface area contributed by atoms with Gasteiger partial charge >= 0.3 is 6.09 Å². The Balaban J connectivity index is 2.20. The van der Waals surface area contributed by atoms with Crippen molar-refractivity contribution < 1.29 is 9.53 Å². The molecule has 1 aliphatic rings. The topological polar surface area (TPSA) is 55.6 Å². The van der Waals surface area contributed by atoms with Gasteiger partial charge in [0, 0.05) is 19.1 Å². The van der Waals surface area contributed by atoms with E-state index in [1.54, 1.807) is 0 Å². The smallest absolute Gasteiger partial charge is 0.409 e. The summed E-state index contributed by atoms with van der Waals surface area (Å²) in [6.07, 6.45) is 4.29. The first-order valence-electron chi connectivity index (χ1n) is 6.30. The lowest BCUT2D eigenvalue weighted by atomic mass is 9.91. The van der Waals surface area contributed by atoms with Crippen LogP contribution in [-0.4, -0.2) is 36.7 Å². The van der Waals surface area contributed by atoms with Crippen molar-refractivity contribution >= 4 is 6.09 Å². The zero-order valence-corrected chi connectivity index (χ0v) is 10.4. The zero-order chi connectivity index (χ0) is 12.0. The molecular weight excluding hydrogens is 204 g/mol. The fraction of sp³-hybridized carbons (Fsp3) is 0.917. The first kappa shape index (κ1) is 13.3. The molecule has 0 aromatic heterocycles. The maximum absolute atomic E-state index is 11.5. The van der Waals surface area contributed by atoms with E-state index >= 15 is 0 Å². The molecule has 1 heterocycles. The molecule has 4 heteroatoms. The molecule has 2 N–H and O–H groups in total. The van der Waals surface area contributed by atoms with Crippen LogP contribution in [0.4, 0.5) is 4.79 Å². The third-order valence-corrected chi connectivity index (χ3v) is 3.17. The van der Waals surface area contributed by atoms with Gasteiger partial charge in [-0.3, -0.25) is 0 Å². The van der Waals surface area contributed by atoms with Gasteiger partial charge < -0.3 is 15.4 Å². The Labute approximate surface area is 98.1 Å². The summed E-state index contributed by atoms with van der Waals surface area (Å²) in [6.45, 7) is 6.02. The zero-order valence-electron chi connectivity index (χ0n) is 10.4. The van der Waals surface area contributed by atoms with E-state index in [9.17, 15) is 4.79 Å². The third kappa shape index (κ3) is 4.39. The molecule has 0 unspecified atom stereocenters. The third-order valence-electron chi connectivity index (χ3n) is 3.17. The summed E-state index contributed by atoms with van der Waals surface area (Å²) in [7, 11) is 0. The van der Waals surface area contributed by atoms with Crippen LogP contribution in [-0.2, 0) is 4.74 Å². The van der Waals surface area contributed by atoms with Crippen LogP contribution < -0.4 is 5.73 Å². The number of hydrogen-bond donors (Lipinski definition) is 1. The quantitative estimate of drug-likeness (QED) is 0.800. The number of amides is 1. The lowest BCUT2D eigenvalue weighted by molar-refractivity contribution is 0.0905. The minimum Gasteiger partial charge on any atom is -0.450 e. The monoisotopic (exact) mass is 228 g/mol. The normalized spacial score (nSPS) is 19.6. The number of piperidine rings is 1. The maximum atomic E-state index is 11.5. The van der Waals surface area contributed by atoms with Crippen LogP contribution in [0.1, 0.15) is 39.5 Å². The fourth-order valence-electron chi connectivity index (χ4n) is 2.12. The van der Waals surface area contributed by atoms with Crippen LogP contribution in [0.25, 0.3) is 0 Å². The van der Waals surface area contributed by atoms with Crippen molar-refractivity contribution in [3.8, 4) is 0 Å². The van der Waals surface area contributed by atoms with Crippen molar-refractivity contribution in [2.45, 2.75) is 45.6 Å². The Hall–Kier alpha value is -0.770. The summed E-state index contributed by atoms with van der Waals surface area (Å²) in [5.74, 6) is 0.733. The molecule has 0 aromatic rings. The van der Waals surface area contributed by atoms with Gasteiger partial charge in [0.1, 0.15) is 0 Å². The molecule has 1 fully saturated rings. The summed E-state index contributed by atoms with van der Waals surface area (Å²) in [4.78, 5) is 13.3. The highest BCUT2D eigenvalue weighted by atomic mass is 16.6. The maximum Gasteiger partial charge on any atom is 0.409 e. The summed E-state index contributed by atoms with van der Waals surface area (Å²) in [6, 6.07) is 0.295. The van der Waals surface area contributed by atoms with E-state index in [1.807, 2.05) is 18.7 Å². The summed E-state index contributed by atoms with van der Waals surface area (Å²) in [5, 5.41) is 0. The molecule has 1 saturated heterocycles. The van der Waals surface area contributed by atoms with E-state index in [0.717, 1.165) is 38.3 Å². The van der Waals surface area contributed by atoms with Crippen molar-refractivity contribution in [2.24, 2.45) is 11.7 Å². The predicted octanol–water partition coefficient (Wildman–Crippen LogP) is 1.98. The Bertz CT molecular complexity index is 211. The Kier molecular flexibility index (Phi) is 5.60. The Morgan fingerprint density at radius 1 is 1.50 bits per heavy atom. The molecule has 0 radical (unpaired) electrons. The minimum atomic E-state index is -0.159. The molecule has 16 heavy (non-hydrogen) atoms. The molecule has 0 bridgehead atoms. The minimum absolute atomic E-state index is 0.159. The number of ether oxygens (including phenoxy) is 1. The summed E-state index contributed by atoms with van der Waals surface area (Å²) < 4.78 is 4.98. The van der Waals surface area contributed by atoms with Gasteiger partial charge in [-0.2, -0.15) is 0 Å². The second-order valence-corrected chi connectivity index (χ2v) is 4.68. The van der Waals surface area contributed by atoms with Gasteiger partial charge in [0.2, 0.25) is 0 Å². The Morgan fingerprint density at radius 3 is 2.62 bits per heavy atom. The first-order valence-corrected chi connectivity index (χ1v) is 6.30. The average molecular weight is 228 g/mol. The first-order chi connectivity index (χ1) is 7.63. The Morgan fingerprint density at radius 2 is 2.12 bits per heavy atom. The lowest BCUT2D eigenvalue weighted by Crippen LogP contribution is -2.39. The highest BCUT2D eigenvalue weighted by Gasteiger charge is 2.23. The molecule has 1 amide bonds. The lowest BCUT2D eigenvalue weighted by Gasteiger charge is -2.31. The molecule has 1 rings (SSSR count). The van der Waals surface area contributed by atoms with E-state index in [0.29, 0.717) is 12.6 Å². The summed E-state index contributed by atoms with van der Waals surface area (Å²) >= 11 is 0. The van der Waals surface area contributed by atoms with Gasteiger partial charge in [-0.05, 0) is 45.4 Å². The van der Waals surface area contributed by atoms with Crippen LogP contribution in [0, 0.1) is 5.92 Å². The highest BCUT2D eigenvalue weighted by Crippen LogP contribution is 2.22. The van der Waals surface area contributed by atoms with Gasteiger partial charge in [0.15, 0.2) is 0 Å². The van der Waals surface area contributed by atoms with Gasteiger partial charge in [-0.25, -0.2) is 4.79 Å². The van der Waals surface area contributed by atoms with Crippen LogP contribution in [0.5, 0.6) is 0 Å². The van der Waals surface area contributed by atoms with E-state index in [1.165, 1.54) is 6.42 Å². The number of carbonyl (C=O) groups is 1. The van der Waals surface area contributed by atoms with Gasteiger partial charge in [-0.1, -0.05) is 0 Å². The molecule has 4 nitrogen and oxygen atoms in total. The number of rotatable bonds is 4. The molecule has 94 valence electrons. The van der Waals surface area contributed by atoms with Crippen molar-refractivity contribution in [1.82, 2.24) is 4.90 Å². The number of likely N-dealkylation sites (tertiary alicyclic amines) is 1. The van der Waals surface area contributed by atoms with Crippen molar-refractivity contribution in [3.63, 3.8) is 0 Å². The molecule has 1 atom stereocenters. The van der Waals surface area contributed by atoms with Crippen molar-refractivity contribution in [3.05, 3.63) is 0 Å². The van der Waals surface area contributed by atoms with Crippen LogP contribution in [0.3, 0.4) is 0 Å². The SMILES string of the molecule is CCOC(=O)N1CCC(CC[C@@H](C)N)CC1. The molecule has 0 spiro atoms. The number of carbonyl (C=O) groups excluding carboxylic acids is 1. The van der Waals surface area contributed by atoms with Gasteiger partial charge in [0.25, 0.3) is 0 Å². The second-order valence-electron chi connectivity index (χ2n) is 4.68. The second kappa shape index (κ2) is 6.74. The van der Waals surface area contributed by atoms with E-state index in [4.69, 9.17) is 10.5 Å². The van der Waals surface area contributed by atoms with Crippen LogP contribution in [0.2, 0.25) is 0 Å². The number of nitrogens with zero attached hydrogens (tertiary/aromatic N) is 1. The van der Waals surface area contributed by atoms with Crippen LogP contribution in [0.15, 0.2) is 0 Å². The molecule has 0 saturated carbocycles. The van der Waals surface area contributed by atoms with Crippen molar-refractivity contribution in [1.29, 1.82) is 0 Å². The summed E-state index contributed by atoms with van der Waals surface area (Å²) in [5.41, 5.74) is 5.74.